The van der Waals surface area contributed by atoms with E-state index in [0.29, 0.717) is 22.7 Å². The van der Waals surface area contributed by atoms with E-state index >= 15 is 0 Å². The Labute approximate surface area is 210 Å². The Morgan fingerprint density at radius 1 is 1.25 bits per heavy atom. The number of aromatic nitrogens is 2. The van der Waals surface area contributed by atoms with Crippen molar-refractivity contribution in [3.8, 4) is 17.0 Å². The average Bonchev–Trinajstić information content (AvgIpc) is 3.57. The minimum atomic E-state index is -1.31. The Morgan fingerprint density at radius 2 is 2.00 bits per heavy atom. The first-order valence-corrected chi connectivity index (χ1v) is 12.0. The van der Waals surface area contributed by atoms with Crippen LogP contribution < -0.4 is 15.8 Å². The number of aliphatic hydroxyl groups is 1. The minimum Gasteiger partial charge on any atom is -0.481 e. The summed E-state index contributed by atoms with van der Waals surface area (Å²) in [6, 6.07) is 7.80. The number of Topliss-reactive ketones (excluding diaryl/α,β-unsaturated/α-hetero) is 1. The standard InChI is InChI=1S/C25H25FN4O5S/c1-25(2,35-15-6-8-18(28-11-15)22(32)13-3-4-13)21-10-19(30-36-21)14-5-7-16(17(26)9-14)24(34)29-20(12-31)23(27)33/h5-11,13,20,31H,3-4,12H2,1-2H3,(H2,27,33)(H,29,34)/t20-/m0/s1. The lowest BCUT2D eigenvalue weighted by molar-refractivity contribution is -0.120. The van der Waals surface area contributed by atoms with Gasteiger partial charge in [-0.2, -0.15) is 4.37 Å². The zero-order valence-electron chi connectivity index (χ0n) is 19.7. The molecule has 0 unspecified atom stereocenters. The van der Waals surface area contributed by atoms with Crippen LogP contribution in [0.5, 0.6) is 5.75 Å². The van der Waals surface area contributed by atoms with Crippen molar-refractivity contribution in [1.82, 2.24) is 14.7 Å². The minimum absolute atomic E-state index is 0.0599. The van der Waals surface area contributed by atoms with Gasteiger partial charge in [-0.15, -0.1) is 0 Å². The molecule has 0 aliphatic heterocycles. The normalized spacial score (nSPS) is 14.2. The first-order chi connectivity index (χ1) is 17.1. The number of amides is 2. The van der Waals surface area contributed by atoms with Gasteiger partial charge in [-0.25, -0.2) is 9.37 Å². The summed E-state index contributed by atoms with van der Waals surface area (Å²) in [6.07, 6.45) is 3.36. The molecule has 0 radical (unpaired) electrons. The molecule has 3 aromatic rings. The van der Waals surface area contributed by atoms with E-state index in [-0.39, 0.29) is 17.3 Å². The van der Waals surface area contributed by atoms with Crippen molar-refractivity contribution >= 4 is 29.1 Å². The molecule has 2 amide bonds. The van der Waals surface area contributed by atoms with E-state index in [0.717, 1.165) is 17.7 Å². The maximum absolute atomic E-state index is 14.7. The van der Waals surface area contributed by atoms with Crippen molar-refractivity contribution in [2.75, 3.05) is 6.61 Å². The number of primary amides is 1. The fourth-order valence-corrected chi connectivity index (χ4v) is 4.26. The summed E-state index contributed by atoms with van der Waals surface area (Å²) in [5, 5.41) is 11.3. The van der Waals surface area contributed by atoms with Gasteiger partial charge < -0.3 is 20.9 Å². The van der Waals surface area contributed by atoms with Crippen LogP contribution in [0.15, 0.2) is 42.6 Å². The van der Waals surface area contributed by atoms with Crippen molar-refractivity contribution < 1.29 is 28.6 Å². The van der Waals surface area contributed by atoms with E-state index in [2.05, 4.69) is 14.7 Å². The van der Waals surface area contributed by atoms with Gasteiger partial charge in [0.15, 0.2) is 5.78 Å². The number of halogens is 1. The number of nitrogens with one attached hydrogen (secondary N) is 1. The van der Waals surface area contributed by atoms with Gasteiger partial charge in [0.25, 0.3) is 5.91 Å². The van der Waals surface area contributed by atoms with Gasteiger partial charge in [-0.1, -0.05) is 6.07 Å². The van der Waals surface area contributed by atoms with Crippen LogP contribution in [0.3, 0.4) is 0 Å². The van der Waals surface area contributed by atoms with Crippen LogP contribution in [0.25, 0.3) is 11.3 Å². The molecule has 1 atom stereocenters. The van der Waals surface area contributed by atoms with E-state index in [1.165, 1.54) is 35.9 Å². The summed E-state index contributed by atoms with van der Waals surface area (Å²) in [4.78, 5) is 40.6. The number of pyridine rings is 1. The second kappa shape index (κ2) is 10.1. The predicted octanol–water partition coefficient (Wildman–Crippen LogP) is 2.83. The molecule has 1 aliphatic rings. The molecule has 2 heterocycles. The van der Waals surface area contributed by atoms with Crippen LogP contribution >= 0.6 is 11.5 Å². The fourth-order valence-electron chi connectivity index (χ4n) is 3.48. The number of ether oxygens (including phenoxy) is 1. The van der Waals surface area contributed by atoms with Gasteiger partial charge in [-0.3, -0.25) is 14.4 Å². The lowest BCUT2D eigenvalue weighted by atomic mass is 10.0. The molecular weight excluding hydrogens is 487 g/mol. The summed E-state index contributed by atoms with van der Waals surface area (Å²) in [6.45, 7) is 3.02. The molecule has 1 saturated carbocycles. The number of carbonyl (C=O) groups excluding carboxylic acids is 3. The zero-order chi connectivity index (χ0) is 26.0. The molecular formula is C25H25FN4O5S. The summed E-state index contributed by atoms with van der Waals surface area (Å²) < 4.78 is 25.2. The molecule has 1 fully saturated rings. The third-order valence-electron chi connectivity index (χ3n) is 5.75. The van der Waals surface area contributed by atoms with Gasteiger partial charge in [0.05, 0.1) is 28.9 Å². The van der Waals surface area contributed by atoms with Gasteiger partial charge in [0, 0.05) is 11.5 Å². The summed E-state index contributed by atoms with van der Waals surface area (Å²) >= 11 is 1.19. The van der Waals surface area contributed by atoms with E-state index in [9.17, 15) is 18.8 Å². The first-order valence-electron chi connectivity index (χ1n) is 11.3. The van der Waals surface area contributed by atoms with Gasteiger partial charge >= 0.3 is 0 Å². The van der Waals surface area contributed by atoms with Crippen molar-refractivity contribution in [3.05, 3.63) is 64.5 Å². The number of hydrogen-bond acceptors (Lipinski definition) is 8. The smallest absolute Gasteiger partial charge is 0.254 e. The summed E-state index contributed by atoms with van der Waals surface area (Å²) in [5.74, 6) is -1.96. The van der Waals surface area contributed by atoms with Gasteiger partial charge in [-0.05, 0) is 68.6 Å². The number of nitrogens with zero attached hydrogens (tertiary/aromatic N) is 2. The molecule has 188 valence electrons. The Kier molecular flexibility index (Phi) is 7.14. The second-order valence-electron chi connectivity index (χ2n) is 9.01. The zero-order valence-corrected chi connectivity index (χ0v) is 20.5. The van der Waals surface area contributed by atoms with Crippen LogP contribution in [0.4, 0.5) is 4.39 Å². The van der Waals surface area contributed by atoms with Crippen molar-refractivity contribution in [2.24, 2.45) is 11.7 Å². The van der Waals surface area contributed by atoms with Crippen LogP contribution in [-0.4, -0.2) is 44.7 Å². The second-order valence-corrected chi connectivity index (χ2v) is 9.82. The van der Waals surface area contributed by atoms with E-state index in [4.69, 9.17) is 15.6 Å². The quantitative estimate of drug-likeness (QED) is 0.354. The number of hydrogen-bond donors (Lipinski definition) is 3. The third-order valence-corrected chi connectivity index (χ3v) is 6.85. The van der Waals surface area contributed by atoms with Crippen LogP contribution in [0, 0.1) is 11.7 Å². The highest BCUT2D eigenvalue weighted by Crippen LogP contribution is 2.35. The topological polar surface area (TPSA) is 144 Å². The number of ketones is 1. The first kappa shape index (κ1) is 25.4. The van der Waals surface area contributed by atoms with E-state index < -0.39 is 35.9 Å². The number of carbonyl (C=O) groups is 3. The van der Waals surface area contributed by atoms with Gasteiger partial charge in [0.2, 0.25) is 5.91 Å². The molecule has 9 nitrogen and oxygen atoms in total. The Bertz CT molecular complexity index is 1300. The number of rotatable bonds is 10. The highest BCUT2D eigenvalue weighted by molar-refractivity contribution is 7.06. The molecule has 0 spiro atoms. The lowest BCUT2D eigenvalue weighted by Crippen LogP contribution is -2.47. The number of aliphatic hydroxyl groups excluding tert-OH is 1. The fraction of sp³-hybridized carbons (Fsp3) is 0.320. The van der Waals surface area contributed by atoms with Crippen molar-refractivity contribution in [3.63, 3.8) is 0 Å². The molecule has 4 rings (SSSR count). The summed E-state index contributed by atoms with van der Waals surface area (Å²) in [7, 11) is 0. The average molecular weight is 513 g/mol. The molecule has 36 heavy (non-hydrogen) atoms. The highest BCUT2D eigenvalue weighted by Gasteiger charge is 2.31. The van der Waals surface area contributed by atoms with Gasteiger partial charge in [0.1, 0.15) is 28.9 Å². The maximum atomic E-state index is 14.7. The monoisotopic (exact) mass is 512 g/mol. The van der Waals surface area contributed by atoms with Crippen LogP contribution in [-0.2, 0) is 10.4 Å². The Hall–Kier alpha value is -3.70. The molecule has 0 saturated heterocycles. The molecule has 1 aromatic carbocycles. The number of nitrogens with two attached hydrogens (primary N) is 1. The highest BCUT2D eigenvalue weighted by atomic mass is 32.1. The number of benzene rings is 1. The Morgan fingerprint density at radius 3 is 2.58 bits per heavy atom. The SMILES string of the molecule is CC(C)(Oc1ccc(C(=O)C2CC2)nc1)c1cc(-c2ccc(C(=O)N[C@@H](CO)C(N)=O)c(F)c2)ns1. The Balaban J connectivity index is 1.46. The maximum Gasteiger partial charge on any atom is 0.254 e. The van der Waals surface area contributed by atoms with Crippen LogP contribution in [0.2, 0.25) is 0 Å². The van der Waals surface area contributed by atoms with E-state index in [1.807, 2.05) is 13.8 Å². The molecule has 2 aromatic heterocycles. The summed E-state index contributed by atoms with van der Waals surface area (Å²) in [5.41, 5.74) is 5.38. The molecule has 4 N–H and O–H groups in total. The molecule has 0 bridgehead atoms. The van der Waals surface area contributed by atoms with Crippen LogP contribution in [0.1, 0.15) is 52.4 Å². The third kappa shape index (κ3) is 5.58. The van der Waals surface area contributed by atoms with Crippen molar-refractivity contribution in [1.29, 1.82) is 0 Å². The van der Waals surface area contributed by atoms with Crippen molar-refractivity contribution in [2.45, 2.75) is 38.3 Å². The predicted molar refractivity (Wildman–Crippen MR) is 130 cm³/mol. The lowest BCUT2D eigenvalue weighted by Gasteiger charge is -2.24. The molecule has 11 heteroatoms. The largest absolute Gasteiger partial charge is 0.481 e. The van der Waals surface area contributed by atoms with E-state index in [1.54, 1.807) is 18.2 Å². The molecule has 1 aliphatic carbocycles.